The summed E-state index contributed by atoms with van der Waals surface area (Å²) in [6, 6.07) is 5.21. The van der Waals surface area contributed by atoms with E-state index in [1.807, 2.05) is 6.19 Å². The van der Waals surface area contributed by atoms with Crippen molar-refractivity contribution in [1.29, 1.82) is 5.26 Å². The molecule has 3 rings (SSSR count). The van der Waals surface area contributed by atoms with E-state index in [-0.39, 0.29) is 11.3 Å². The zero-order chi connectivity index (χ0) is 22.4. The Hall–Kier alpha value is -2.18. The minimum absolute atomic E-state index is 0.0145. The lowest BCUT2D eigenvalue weighted by molar-refractivity contribution is 0.0363. The molecule has 1 aromatic heterocycles. The minimum atomic E-state index is -0.0145. The third-order valence-corrected chi connectivity index (χ3v) is 6.66. The highest BCUT2D eigenvalue weighted by Crippen LogP contribution is 2.26. The number of rotatable bonds is 5. The van der Waals surface area contributed by atoms with Crippen molar-refractivity contribution < 1.29 is 9.47 Å². The lowest BCUT2D eigenvalue weighted by atomic mass is 9.95. The Morgan fingerprint density at radius 2 is 2.03 bits per heavy atom. The molecule has 0 N–H and O–H groups in total. The Balaban J connectivity index is 2.03. The number of morpholine rings is 1. The third kappa shape index (κ3) is 6.17. The van der Waals surface area contributed by atoms with E-state index in [2.05, 4.69) is 41.4 Å². The molecule has 0 aliphatic carbocycles. The summed E-state index contributed by atoms with van der Waals surface area (Å²) in [5.41, 5.74) is 0.571. The van der Waals surface area contributed by atoms with E-state index in [0.717, 1.165) is 44.2 Å². The second kappa shape index (κ2) is 10.4. The van der Waals surface area contributed by atoms with Crippen LogP contribution in [0.2, 0.25) is 5.02 Å². The Morgan fingerprint density at radius 1 is 1.29 bits per heavy atom. The predicted molar refractivity (Wildman–Crippen MR) is 124 cm³/mol. The summed E-state index contributed by atoms with van der Waals surface area (Å²) in [6.45, 7) is 11.6. The summed E-state index contributed by atoms with van der Waals surface area (Å²) in [5, 5.41) is 9.82. The van der Waals surface area contributed by atoms with Crippen LogP contribution in [0.3, 0.4) is 0 Å². The van der Waals surface area contributed by atoms with Gasteiger partial charge < -0.3 is 14.0 Å². The predicted octanol–water partition coefficient (Wildman–Crippen LogP) is 3.67. The van der Waals surface area contributed by atoms with Crippen LogP contribution in [0.1, 0.15) is 31.2 Å². The van der Waals surface area contributed by atoms with E-state index in [0.29, 0.717) is 16.3 Å². The molecule has 166 valence electrons. The first-order valence-corrected chi connectivity index (χ1v) is 11.4. The number of hydrogen-bond acceptors (Lipinski definition) is 6. The summed E-state index contributed by atoms with van der Waals surface area (Å²) in [6.07, 6.45) is 4.02. The fraction of sp³-hybridized carbons (Fsp3) is 0.500. The SMILES string of the molecule is COc1ccc(Cl)cc1C(/N=c1\sc(C(C)(C)C)cn1CCN1CCOCC1)=N\C#N. The molecule has 1 aliphatic rings. The number of aromatic nitrogens is 1. The van der Waals surface area contributed by atoms with Crippen LogP contribution in [-0.2, 0) is 16.7 Å². The zero-order valence-corrected chi connectivity index (χ0v) is 20.0. The van der Waals surface area contributed by atoms with Crippen LogP contribution in [0.5, 0.6) is 5.75 Å². The maximum Gasteiger partial charge on any atom is 0.207 e. The van der Waals surface area contributed by atoms with Crippen LogP contribution in [0.25, 0.3) is 0 Å². The van der Waals surface area contributed by atoms with Crippen molar-refractivity contribution in [2.45, 2.75) is 32.7 Å². The fourth-order valence-electron chi connectivity index (χ4n) is 3.19. The highest BCUT2D eigenvalue weighted by atomic mass is 35.5. The number of thiazole rings is 1. The molecule has 0 spiro atoms. The molecular weight excluding hydrogens is 434 g/mol. The van der Waals surface area contributed by atoms with Gasteiger partial charge in [-0.15, -0.1) is 11.3 Å². The normalized spacial score (nSPS) is 16.4. The van der Waals surface area contributed by atoms with Crippen LogP contribution < -0.4 is 9.54 Å². The standard InChI is InChI=1S/C22H28ClN5O2S/c1-22(2,3)19-14-28(8-7-27-9-11-30-12-10-27)21(31-19)26-20(25-15-24)17-13-16(23)5-6-18(17)29-4/h5-6,13-14H,7-12H2,1-4H3/b25-20+,26-21-. The van der Waals surface area contributed by atoms with Crippen molar-refractivity contribution in [3.8, 4) is 11.9 Å². The number of methoxy groups -OCH3 is 1. The molecule has 7 nitrogen and oxygen atoms in total. The molecular formula is C22H28ClN5O2S. The number of amidine groups is 1. The number of nitriles is 1. The summed E-state index contributed by atoms with van der Waals surface area (Å²) in [7, 11) is 1.57. The van der Waals surface area contributed by atoms with Gasteiger partial charge in [-0.3, -0.25) is 4.90 Å². The van der Waals surface area contributed by atoms with Crippen LogP contribution in [0, 0.1) is 11.5 Å². The molecule has 2 heterocycles. The first kappa shape index (κ1) is 23.5. The average Bonchev–Trinajstić information content (AvgIpc) is 3.16. The average molecular weight is 462 g/mol. The zero-order valence-electron chi connectivity index (χ0n) is 18.4. The summed E-state index contributed by atoms with van der Waals surface area (Å²) in [5.74, 6) is 0.846. The fourth-order valence-corrected chi connectivity index (χ4v) is 4.43. The van der Waals surface area contributed by atoms with Crippen LogP contribution in [0.4, 0.5) is 0 Å². The Bertz CT molecular complexity index is 1040. The number of halogens is 1. The lowest BCUT2D eigenvalue weighted by Crippen LogP contribution is -2.38. The Labute approximate surface area is 192 Å². The highest BCUT2D eigenvalue weighted by Gasteiger charge is 2.19. The van der Waals surface area contributed by atoms with Gasteiger partial charge in [0.25, 0.3) is 0 Å². The lowest BCUT2D eigenvalue weighted by Gasteiger charge is -2.26. The van der Waals surface area contributed by atoms with Crippen molar-refractivity contribution in [1.82, 2.24) is 9.47 Å². The number of nitrogens with zero attached hydrogens (tertiary/aromatic N) is 5. The second-order valence-corrected chi connectivity index (χ2v) is 9.71. The topological polar surface area (TPSA) is 75.1 Å². The largest absolute Gasteiger partial charge is 0.496 e. The van der Waals surface area contributed by atoms with Gasteiger partial charge in [0.05, 0.1) is 25.9 Å². The van der Waals surface area contributed by atoms with Crippen molar-refractivity contribution in [3.05, 3.63) is 44.7 Å². The van der Waals surface area contributed by atoms with Crippen LogP contribution in [0.15, 0.2) is 34.4 Å². The molecule has 0 unspecified atom stereocenters. The molecule has 0 atom stereocenters. The number of aliphatic imine (C=N–C) groups is 1. The molecule has 0 bridgehead atoms. The van der Waals surface area contributed by atoms with Crippen molar-refractivity contribution in [3.63, 3.8) is 0 Å². The van der Waals surface area contributed by atoms with E-state index in [9.17, 15) is 5.26 Å². The van der Waals surface area contributed by atoms with Crippen molar-refractivity contribution >= 4 is 28.8 Å². The molecule has 1 fully saturated rings. The van der Waals surface area contributed by atoms with E-state index in [1.165, 1.54) is 4.88 Å². The quantitative estimate of drug-likeness (QED) is 0.387. The number of hydrogen-bond donors (Lipinski definition) is 0. The summed E-state index contributed by atoms with van der Waals surface area (Å²) >= 11 is 7.81. The maximum atomic E-state index is 9.29. The van der Waals surface area contributed by atoms with Gasteiger partial charge in [0.2, 0.25) is 6.19 Å². The minimum Gasteiger partial charge on any atom is -0.496 e. The van der Waals surface area contributed by atoms with Crippen LogP contribution in [-0.4, -0.2) is 55.3 Å². The van der Waals surface area contributed by atoms with Gasteiger partial charge in [0.15, 0.2) is 10.6 Å². The van der Waals surface area contributed by atoms with E-state index < -0.39 is 0 Å². The molecule has 2 aromatic rings. The third-order valence-electron chi connectivity index (χ3n) is 4.98. The van der Waals surface area contributed by atoms with Gasteiger partial charge in [-0.2, -0.15) is 15.2 Å². The Morgan fingerprint density at radius 3 is 2.68 bits per heavy atom. The summed E-state index contributed by atoms with van der Waals surface area (Å²) < 4.78 is 13.0. The Kier molecular flexibility index (Phi) is 7.89. The van der Waals surface area contributed by atoms with Gasteiger partial charge in [-0.05, 0) is 23.6 Å². The highest BCUT2D eigenvalue weighted by molar-refractivity contribution is 7.09. The molecule has 31 heavy (non-hydrogen) atoms. The molecule has 9 heteroatoms. The second-order valence-electron chi connectivity index (χ2n) is 8.27. The van der Waals surface area contributed by atoms with Crippen molar-refractivity contribution in [2.24, 2.45) is 9.98 Å². The molecule has 1 saturated heterocycles. The summed E-state index contributed by atoms with van der Waals surface area (Å²) in [4.78, 5) is 13.2. The molecule has 0 saturated carbocycles. The van der Waals surface area contributed by atoms with Gasteiger partial charge >= 0.3 is 0 Å². The monoisotopic (exact) mass is 461 g/mol. The number of benzene rings is 1. The van der Waals surface area contributed by atoms with E-state index in [4.69, 9.17) is 26.1 Å². The molecule has 0 amide bonds. The van der Waals surface area contributed by atoms with Gasteiger partial charge in [0, 0.05) is 42.3 Å². The molecule has 1 aliphatic heterocycles. The van der Waals surface area contributed by atoms with E-state index >= 15 is 0 Å². The van der Waals surface area contributed by atoms with Crippen molar-refractivity contribution in [2.75, 3.05) is 40.0 Å². The smallest absolute Gasteiger partial charge is 0.207 e. The van der Waals surface area contributed by atoms with Gasteiger partial charge in [-0.1, -0.05) is 32.4 Å². The van der Waals surface area contributed by atoms with Gasteiger partial charge in [0.1, 0.15) is 5.75 Å². The number of ether oxygens (including phenoxy) is 2. The molecule has 1 aromatic carbocycles. The van der Waals surface area contributed by atoms with E-state index in [1.54, 1.807) is 36.6 Å². The molecule has 0 radical (unpaired) electrons. The van der Waals surface area contributed by atoms with Crippen LogP contribution >= 0.6 is 22.9 Å². The van der Waals surface area contributed by atoms with Gasteiger partial charge in [-0.25, -0.2) is 0 Å². The maximum absolute atomic E-state index is 9.29. The first-order chi connectivity index (χ1) is 14.8. The first-order valence-electron chi connectivity index (χ1n) is 10.2.